The van der Waals surface area contributed by atoms with Crippen LogP contribution in [0.25, 0.3) is 0 Å². The van der Waals surface area contributed by atoms with Gasteiger partial charge in [0.1, 0.15) is 0 Å². The summed E-state index contributed by atoms with van der Waals surface area (Å²) in [5.41, 5.74) is 1.63. The topological polar surface area (TPSA) is 29.9 Å². The first-order valence-electron chi connectivity index (χ1n) is 5.71. The molecule has 1 fully saturated rings. The van der Waals surface area contributed by atoms with Gasteiger partial charge in [-0.05, 0) is 24.2 Å². The Morgan fingerprint density at radius 3 is 2.67 bits per heavy atom. The Balaban J connectivity index is 2.01. The van der Waals surface area contributed by atoms with Gasteiger partial charge in [0.25, 0.3) is 0 Å². The third kappa shape index (κ3) is 2.33. The third-order valence-corrected chi connectivity index (χ3v) is 3.39. The molecule has 1 saturated carbocycles. The van der Waals surface area contributed by atoms with Crippen molar-refractivity contribution in [1.29, 1.82) is 0 Å². The summed E-state index contributed by atoms with van der Waals surface area (Å²) in [6, 6.07) is 0.601. The van der Waals surface area contributed by atoms with Crippen molar-refractivity contribution in [3.05, 3.63) is 12.4 Å². The van der Waals surface area contributed by atoms with Gasteiger partial charge in [-0.1, -0.05) is 20.8 Å². The number of aryl methyl sites for hydroxylation is 1. The van der Waals surface area contributed by atoms with Crippen LogP contribution < -0.4 is 5.32 Å². The highest BCUT2D eigenvalue weighted by molar-refractivity contribution is 5.39. The molecule has 0 bridgehead atoms. The highest BCUT2D eigenvalue weighted by atomic mass is 15.3. The maximum atomic E-state index is 4.17. The molecule has 1 heterocycles. The number of anilines is 1. The molecular formula is C12H21N3. The normalized spacial score (nSPS) is 29.3. The first-order chi connectivity index (χ1) is 6.96. The van der Waals surface area contributed by atoms with Crippen molar-refractivity contribution < 1.29 is 0 Å². The van der Waals surface area contributed by atoms with Crippen LogP contribution in [0, 0.1) is 11.3 Å². The Labute approximate surface area is 91.9 Å². The predicted octanol–water partition coefficient (Wildman–Crippen LogP) is 2.66. The van der Waals surface area contributed by atoms with Crippen LogP contribution in [0.2, 0.25) is 0 Å². The Morgan fingerprint density at radius 1 is 1.47 bits per heavy atom. The number of nitrogens with one attached hydrogen (secondary N) is 1. The highest BCUT2D eigenvalue weighted by Gasteiger charge is 2.36. The molecule has 2 unspecified atom stereocenters. The smallest absolute Gasteiger partial charge is 0.0728 e. The van der Waals surface area contributed by atoms with E-state index in [4.69, 9.17) is 0 Å². The zero-order chi connectivity index (χ0) is 11.1. The van der Waals surface area contributed by atoms with Crippen molar-refractivity contribution >= 4 is 5.69 Å². The van der Waals surface area contributed by atoms with Crippen molar-refractivity contribution in [2.75, 3.05) is 5.32 Å². The van der Waals surface area contributed by atoms with Gasteiger partial charge in [-0.3, -0.25) is 4.68 Å². The largest absolute Gasteiger partial charge is 0.379 e. The molecule has 0 saturated heterocycles. The van der Waals surface area contributed by atoms with Crippen molar-refractivity contribution in [2.24, 2.45) is 18.4 Å². The summed E-state index contributed by atoms with van der Waals surface area (Å²) in [5.74, 6) is 0.750. The van der Waals surface area contributed by atoms with E-state index in [2.05, 4.69) is 31.2 Å². The lowest BCUT2D eigenvalue weighted by molar-refractivity contribution is 0.366. The summed E-state index contributed by atoms with van der Waals surface area (Å²) < 4.78 is 1.84. The number of hydrogen-bond donors (Lipinski definition) is 1. The highest BCUT2D eigenvalue weighted by Crippen LogP contribution is 2.41. The van der Waals surface area contributed by atoms with E-state index in [-0.39, 0.29) is 0 Å². The molecular weight excluding hydrogens is 186 g/mol. The van der Waals surface area contributed by atoms with Gasteiger partial charge in [0, 0.05) is 19.3 Å². The van der Waals surface area contributed by atoms with Crippen molar-refractivity contribution in [3.63, 3.8) is 0 Å². The van der Waals surface area contributed by atoms with Gasteiger partial charge in [0.15, 0.2) is 0 Å². The average molecular weight is 207 g/mol. The summed E-state index contributed by atoms with van der Waals surface area (Å²) in [7, 11) is 1.95. The molecule has 1 aromatic rings. The van der Waals surface area contributed by atoms with E-state index >= 15 is 0 Å². The molecule has 0 amide bonds. The molecule has 0 spiro atoms. The molecule has 1 aliphatic carbocycles. The lowest BCUT2D eigenvalue weighted by atomic mass is 9.91. The Bertz CT molecular complexity index is 340. The van der Waals surface area contributed by atoms with Crippen molar-refractivity contribution in [1.82, 2.24) is 9.78 Å². The maximum Gasteiger partial charge on any atom is 0.0728 e. The lowest BCUT2D eigenvalue weighted by Crippen LogP contribution is -2.22. The summed E-state index contributed by atoms with van der Waals surface area (Å²) >= 11 is 0. The second-order valence-electron chi connectivity index (χ2n) is 5.70. The third-order valence-electron chi connectivity index (χ3n) is 3.39. The average Bonchev–Trinajstić information content (AvgIpc) is 2.58. The van der Waals surface area contributed by atoms with E-state index in [1.165, 1.54) is 12.8 Å². The van der Waals surface area contributed by atoms with Crippen molar-refractivity contribution in [3.8, 4) is 0 Å². The van der Waals surface area contributed by atoms with Gasteiger partial charge in [0.2, 0.25) is 0 Å². The lowest BCUT2D eigenvalue weighted by Gasteiger charge is -2.18. The van der Waals surface area contributed by atoms with Crippen LogP contribution in [0.15, 0.2) is 12.4 Å². The minimum absolute atomic E-state index is 0.485. The Hall–Kier alpha value is -0.990. The Morgan fingerprint density at radius 2 is 2.20 bits per heavy atom. The van der Waals surface area contributed by atoms with Crippen LogP contribution in [0.1, 0.15) is 33.6 Å². The quantitative estimate of drug-likeness (QED) is 0.808. The number of nitrogens with zero attached hydrogens (tertiary/aromatic N) is 2. The van der Waals surface area contributed by atoms with E-state index in [1.54, 1.807) is 0 Å². The summed E-state index contributed by atoms with van der Waals surface area (Å²) in [6.45, 7) is 7.05. The van der Waals surface area contributed by atoms with Gasteiger partial charge in [-0.15, -0.1) is 0 Å². The minimum Gasteiger partial charge on any atom is -0.379 e. The van der Waals surface area contributed by atoms with E-state index in [0.717, 1.165) is 11.6 Å². The molecule has 3 heteroatoms. The SMILES string of the molecule is CC1CC(C)(C)CC1Nc1cnn(C)c1. The molecule has 84 valence electrons. The number of aromatic nitrogens is 2. The van der Waals surface area contributed by atoms with Gasteiger partial charge in [-0.25, -0.2) is 0 Å². The molecule has 2 atom stereocenters. The van der Waals surface area contributed by atoms with E-state index < -0.39 is 0 Å². The van der Waals surface area contributed by atoms with Crippen LogP contribution in [-0.4, -0.2) is 15.8 Å². The molecule has 1 N–H and O–H groups in total. The molecule has 1 aliphatic rings. The zero-order valence-corrected chi connectivity index (χ0v) is 10.1. The first-order valence-corrected chi connectivity index (χ1v) is 5.71. The zero-order valence-electron chi connectivity index (χ0n) is 10.1. The monoisotopic (exact) mass is 207 g/mol. The van der Waals surface area contributed by atoms with Gasteiger partial charge < -0.3 is 5.32 Å². The number of rotatable bonds is 2. The fourth-order valence-corrected chi connectivity index (χ4v) is 2.80. The van der Waals surface area contributed by atoms with E-state index in [1.807, 2.05) is 24.1 Å². The van der Waals surface area contributed by atoms with Crippen LogP contribution in [0.5, 0.6) is 0 Å². The summed E-state index contributed by atoms with van der Waals surface area (Å²) in [6.07, 6.45) is 6.50. The fraction of sp³-hybridized carbons (Fsp3) is 0.750. The molecule has 2 rings (SSSR count). The van der Waals surface area contributed by atoms with Gasteiger partial charge in [-0.2, -0.15) is 5.10 Å². The van der Waals surface area contributed by atoms with Crippen molar-refractivity contribution in [2.45, 2.75) is 39.7 Å². The van der Waals surface area contributed by atoms with E-state index in [9.17, 15) is 0 Å². The molecule has 15 heavy (non-hydrogen) atoms. The second-order valence-corrected chi connectivity index (χ2v) is 5.70. The molecule has 0 aliphatic heterocycles. The minimum atomic E-state index is 0.485. The van der Waals surface area contributed by atoms with Gasteiger partial charge >= 0.3 is 0 Å². The predicted molar refractivity (Wildman–Crippen MR) is 62.8 cm³/mol. The second kappa shape index (κ2) is 3.54. The van der Waals surface area contributed by atoms with Crippen LogP contribution in [-0.2, 0) is 7.05 Å². The fourth-order valence-electron chi connectivity index (χ4n) is 2.80. The standard InChI is InChI=1S/C12H21N3/c1-9-5-12(2,3)6-11(9)14-10-7-13-15(4)8-10/h7-9,11,14H,5-6H2,1-4H3. The molecule has 0 radical (unpaired) electrons. The van der Waals surface area contributed by atoms with Gasteiger partial charge in [0.05, 0.1) is 11.9 Å². The molecule has 1 aromatic heterocycles. The summed E-state index contributed by atoms with van der Waals surface area (Å²) in [4.78, 5) is 0. The maximum absolute atomic E-state index is 4.17. The van der Waals surface area contributed by atoms with E-state index in [0.29, 0.717) is 11.5 Å². The summed E-state index contributed by atoms with van der Waals surface area (Å²) in [5, 5.41) is 7.76. The first kappa shape index (κ1) is 10.5. The van der Waals surface area contributed by atoms with Crippen LogP contribution in [0.4, 0.5) is 5.69 Å². The van der Waals surface area contributed by atoms with Crippen LogP contribution in [0.3, 0.4) is 0 Å². The molecule has 3 nitrogen and oxygen atoms in total. The number of hydrogen-bond acceptors (Lipinski definition) is 2. The molecule has 0 aromatic carbocycles. The Kier molecular flexibility index (Phi) is 2.49. The van der Waals surface area contributed by atoms with Crippen LogP contribution >= 0.6 is 0 Å².